The fraction of sp³-hybridized carbons (Fsp3) is 0.250. The van der Waals surface area contributed by atoms with Gasteiger partial charge in [0.2, 0.25) is 0 Å². The minimum atomic E-state index is 0.0456. The van der Waals surface area contributed by atoms with Crippen LogP contribution in [0.15, 0.2) is 46.9 Å². The maximum atomic E-state index is 6.33. The molecule has 0 aliphatic rings. The molecule has 0 aliphatic heterocycles. The maximum absolute atomic E-state index is 6.33. The van der Waals surface area contributed by atoms with E-state index < -0.39 is 0 Å². The van der Waals surface area contributed by atoms with Crippen LogP contribution >= 0.6 is 15.9 Å². The minimum Gasteiger partial charge on any atom is -0.324 e. The molecule has 0 bridgehead atoms. The molecule has 2 rings (SSSR count). The molecule has 0 amide bonds. The highest BCUT2D eigenvalue weighted by atomic mass is 79.9. The van der Waals surface area contributed by atoms with Crippen LogP contribution in [-0.4, -0.2) is 0 Å². The van der Waals surface area contributed by atoms with Crippen molar-refractivity contribution >= 4 is 15.9 Å². The van der Waals surface area contributed by atoms with E-state index in [2.05, 4.69) is 66.2 Å². The molecule has 2 aromatic carbocycles. The summed E-state index contributed by atoms with van der Waals surface area (Å²) in [7, 11) is 0. The molecule has 0 aliphatic carbocycles. The van der Waals surface area contributed by atoms with Crippen LogP contribution in [0.4, 0.5) is 0 Å². The zero-order chi connectivity index (χ0) is 13.1. The van der Waals surface area contributed by atoms with Gasteiger partial charge in [-0.25, -0.2) is 0 Å². The Hall–Kier alpha value is -1.12. The summed E-state index contributed by atoms with van der Waals surface area (Å²) in [6, 6.07) is 14.8. The van der Waals surface area contributed by atoms with E-state index in [1.807, 2.05) is 6.07 Å². The molecule has 18 heavy (non-hydrogen) atoms. The molecule has 2 heteroatoms. The van der Waals surface area contributed by atoms with E-state index in [0.29, 0.717) is 0 Å². The Morgan fingerprint density at radius 1 is 1.11 bits per heavy atom. The number of halogens is 1. The van der Waals surface area contributed by atoms with Gasteiger partial charge in [-0.3, -0.25) is 0 Å². The Labute approximate surface area is 117 Å². The second-order valence-corrected chi connectivity index (χ2v) is 5.62. The molecule has 0 radical (unpaired) electrons. The third kappa shape index (κ3) is 3.01. The summed E-state index contributed by atoms with van der Waals surface area (Å²) in [6.07, 6.45) is 0.853. The molecule has 1 unspecified atom stereocenters. The first-order valence-corrected chi connectivity index (χ1v) is 6.93. The van der Waals surface area contributed by atoms with E-state index in [-0.39, 0.29) is 6.04 Å². The number of benzene rings is 2. The summed E-state index contributed by atoms with van der Waals surface area (Å²) in [5.41, 5.74) is 11.4. The van der Waals surface area contributed by atoms with Gasteiger partial charge >= 0.3 is 0 Å². The normalized spacial score (nSPS) is 12.4. The molecule has 2 N–H and O–H groups in total. The third-order valence-corrected chi connectivity index (χ3v) is 4.00. The number of hydrogen-bond acceptors (Lipinski definition) is 1. The van der Waals surface area contributed by atoms with Crippen LogP contribution in [0, 0.1) is 13.8 Å². The highest BCUT2D eigenvalue weighted by Crippen LogP contribution is 2.24. The quantitative estimate of drug-likeness (QED) is 0.898. The summed E-state index contributed by atoms with van der Waals surface area (Å²) in [5.74, 6) is 0. The Kier molecular flexibility index (Phi) is 4.20. The molecule has 0 saturated carbocycles. The molecular formula is C16H18BrN. The highest BCUT2D eigenvalue weighted by Gasteiger charge is 2.11. The van der Waals surface area contributed by atoms with Crippen LogP contribution in [0.1, 0.15) is 28.3 Å². The van der Waals surface area contributed by atoms with Gasteiger partial charge in [0, 0.05) is 10.5 Å². The molecule has 0 saturated heterocycles. The fourth-order valence-electron chi connectivity index (χ4n) is 2.25. The Balaban J connectivity index is 2.22. The predicted octanol–water partition coefficient (Wildman–Crippen LogP) is 4.31. The molecule has 0 spiro atoms. The number of hydrogen-bond donors (Lipinski definition) is 1. The van der Waals surface area contributed by atoms with Gasteiger partial charge in [-0.15, -0.1) is 0 Å². The van der Waals surface area contributed by atoms with Gasteiger partial charge < -0.3 is 5.73 Å². The van der Waals surface area contributed by atoms with Crippen molar-refractivity contribution < 1.29 is 0 Å². The highest BCUT2D eigenvalue weighted by molar-refractivity contribution is 9.10. The Morgan fingerprint density at radius 2 is 1.83 bits per heavy atom. The Bertz CT molecular complexity index is 549. The van der Waals surface area contributed by atoms with Gasteiger partial charge in [0.15, 0.2) is 0 Å². The zero-order valence-electron chi connectivity index (χ0n) is 10.8. The van der Waals surface area contributed by atoms with Crippen molar-refractivity contribution in [3.8, 4) is 0 Å². The number of aryl methyl sites for hydroxylation is 2. The lowest BCUT2D eigenvalue weighted by atomic mass is 9.95. The number of rotatable bonds is 3. The SMILES string of the molecule is Cc1ccc(C(N)Cc2ccccc2Br)c(C)c1. The molecule has 1 nitrogen and oxygen atoms in total. The van der Waals surface area contributed by atoms with Crippen molar-refractivity contribution in [3.63, 3.8) is 0 Å². The van der Waals surface area contributed by atoms with Gasteiger partial charge in [-0.1, -0.05) is 57.9 Å². The van der Waals surface area contributed by atoms with Crippen molar-refractivity contribution in [2.24, 2.45) is 5.73 Å². The van der Waals surface area contributed by atoms with E-state index in [0.717, 1.165) is 10.9 Å². The molecule has 2 aromatic rings. The standard InChI is InChI=1S/C16H18BrN/c1-11-7-8-14(12(2)9-11)16(18)10-13-5-3-4-6-15(13)17/h3-9,16H,10,18H2,1-2H3. The van der Waals surface area contributed by atoms with Crippen LogP contribution in [0.2, 0.25) is 0 Å². The molecule has 1 atom stereocenters. The summed E-state index contributed by atoms with van der Waals surface area (Å²) in [4.78, 5) is 0. The lowest BCUT2D eigenvalue weighted by molar-refractivity contribution is 0.714. The molecular weight excluding hydrogens is 286 g/mol. The van der Waals surface area contributed by atoms with Crippen molar-refractivity contribution in [2.45, 2.75) is 26.3 Å². The second kappa shape index (κ2) is 5.68. The van der Waals surface area contributed by atoms with E-state index in [9.17, 15) is 0 Å². The zero-order valence-corrected chi connectivity index (χ0v) is 12.4. The van der Waals surface area contributed by atoms with Crippen molar-refractivity contribution in [3.05, 3.63) is 69.2 Å². The summed E-state index contributed by atoms with van der Waals surface area (Å²) in [6.45, 7) is 4.23. The predicted molar refractivity (Wildman–Crippen MR) is 80.7 cm³/mol. The van der Waals surface area contributed by atoms with E-state index in [4.69, 9.17) is 5.73 Å². The lowest BCUT2D eigenvalue weighted by Gasteiger charge is -2.16. The van der Waals surface area contributed by atoms with Crippen molar-refractivity contribution in [2.75, 3.05) is 0 Å². The molecule has 0 heterocycles. The smallest absolute Gasteiger partial charge is 0.0338 e. The van der Waals surface area contributed by atoms with E-state index >= 15 is 0 Å². The molecule has 0 aromatic heterocycles. The third-order valence-electron chi connectivity index (χ3n) is 3.22. The monoisotopic (exact) mass is 303 g/mol. The largest absolute Gasteiger partial charge is 0.324 e. The van der Waals surface area contributed by atoms with Crippen LogP contribution in [-0.2, 0) is 6.42 Å². The maximum Gasteiger partial charge on any atom is 0.0338 e. The van der Waals surface area contributed by atoms with Crippen molar-refractivity contribution in [1.82, 2.24) is 0 Å². The van der Waals surface area contributed by atoms with Crippen LogP contribution < -0.4 is 5.73 Å². The fourth-order valence-corrected chi connectivity index (χ4v) is 2.70. The van der Waals surface area contributed by atoms with Crippen molar-refractivity contribution in [1.29, 1.82) is 0 Å². The average Bonchev–Trinajstić information content (AvgIpc) is 2.32. The van der Waals surface area contributed by atoms with Gasteiger partial charge in [0.25, 0.3) is 0 Å². The summed E-state index contributed by atoms with van der Waals surface area (Å²) >= 11 is 3.57. The first-order chi connectivity index (χ1) is 8.58. The molecule has 0 fully saturated rings. The molecule has 94 valence electrons. The Morgan fingerprint density at radius 3 is 2.50 bits per heavy atom. The average molecular weight is 304 g/mol. The summed E-state index contributed by atoms with van der Waals surface area (Å²) in [5, 5.41) is 0. The number of nitrogens with two attached hydrogens (primary N) is 1. The van der Waals surface area contributed by atoms with Gasteiger partial charge in [0.05, 0.1) is 0 Å². The first kappa shape index (κ1) is 13.3. The lowest BCUT2D eigenvalue weighted by Crippen LogP contribution is -2.15. The van der Waals surface area contributed by atoms with Gasteiger partial charge in [-0.05, 0) is 43.0 Å². The van der Waals surface area contributed by atoms with Crippen LogP contribution in [0.5, 0.6) is 0 Å². The van der Waals surface area contributed by atoms with E-state index in [1.54, 1.807) is 0 Å². The first-order valence-electron chi connectivity index (χ1n) is 6.14. The van der Waals surface area contributed by atoms with Gasteiger partial charge in [-0.2, -0.15) is 0 Å². The summed E-state index contributed by atoms with van der Waals surface area (Å²) < 4.78 is 1.13. The minimum absolute atomic E-state index is 0.0456. The van der Waals surface area contributed by atoms with Crippen LogP contribution in [0.25, 0.3) is 0 Å². The second-order valence-electron chi connectivity index (χ2n) is 4.76. The van der Waals surface area contributed by atoms with Gasteiger partial charge in [0.1, 0.15) is 0 Å². The van der Waals surface area contributed by atoms with E-state index in [1.165, 1.54) is 22.3 Å². The van der Waals surface area contributed by atoms with Crippen LogP contribution in [0.3, 0.4) is 0 Å². The topological polar surface area (TPSA) is 26.0 Å².